The van der Waals surface area contributed by atoms with Crippen molar-refractivity contribution in [1.29, 1.82) is 0 Å². The van der Waals surface area contributed by atoms with Crippen LogP contribution in [0.5, 0.6) is 0 Å². The first-order valence-corrected chi connectivity index (χ1v) is 8.26. The number of hydrogen-bond donors (Lipinski definition) is 0. The fourth-order valence-electron chi connectivity index (χ4n) is 6.28. The van der Waals surface area contributed by atoms with E-state index in [1.54, 1.807) is 0 Å². The molecule has 0 bridgehead atoms. The summed E-state index contributed by atoms with van der Waals surface area (Å²) in [4.78, 5) is 0. The first-order valence-electron chi connectivity index (χ1n) is 8.26. The van der Waals surface area contributed by atoms with Crippen molar-refractivity contribution in [2.45, 2.75) is 77.2 Å². The Hall–Kier alpha value is -1.50. The second-order valence-corrected chi connectivity index (χ2v) is 8.43. The van der Waals surface area contributed by atoms with E-state index < -0.39 is 33.6 Å². The van der Waals surface area contributed by atoms with Crippen LogP contribution in [0.2, 0.25) is 0 Å². The standard InChI is InChI=1S/C16H22N6O/c1-9-7-15-11(3)17-18-12(4)16(15,8-10(9)2)14(6,22-20-12)23-13(15,5)21-19-11/h7-8H2,1-6H3/t11-,12+,13-,14+,15?,16?. The lowest BCUT2D eigenvalue weighted by Crippen LogP contribution is -2.69. The molecule has 5 rings (SSSR count). The van der Waals surface area contributed by atoms with Gasteiger partial charge < -0.3 is 4.74 Å². The Balaban J connectivity index is 1.96. The third-order valence-electron chi connectivity index (χ3n) is 7.43. The number of azo groups is 3. The highest BCUT2D eigenvalue weighted by Gasteiger charge is 2.92. The van der Waals surface area contributed by atoms with Crippen LogP contribution in [-0.4, -0.2) is 22.8 Å². The van der Waals surface area contributed by atoms with Gasteiger partial charge in [-0.3, -0.25) is 0 Å². The molecule has 0 radical (unpaired) electrons. The number of rotatable bonds is 0. The van der Waals surface area contributed by atoms with E-state index in [4.69, 9.17) is 4.74 Å². The molecule has 1 saturated heterocycles. The van der Waals surface area contributed by atoms with Gasteiger partial charge in [0.2, 0.25) is 0 Å². The van der Waals surface area contributed by atoms with Gasteiger partial charge in [0, 0.05) is 0 Å². The number of allylic oxidation sites excluding steroid dienone is 2. The zero-order chi connectivity index (χ0) is 16.5. The second-order valence-electron chi connectivity index (χ2n) is 8.43. The van der Waals surface area contributed by atoms with E-state index in [1.807, 2.05) is 27.7 Å². The molecular formula is C16H22N6O. The fourth-order valence-corrected chi connectivity index (χ4v) is 6.28. The zero-order valence-corrected chi connectivity index (χ0v) is 14.5. The van der Waals surface area contributed by atoms with Gasteiger partial charge in [-0.25, -0.2) is 0 Å². The van der Waals surface area contributed by atoms with Crippen LogP contribution in [0.25, 0.3) is 0 Å². The molecule has 4 heterocycles. The molecule has 0 aromatic rings. The Morgan fingerprint density at radius 1 is 0.652 bits per heavy atom. The molecule has 2 unspecified atom stereocenters. The van der Waals surface area contributed by atoms with E-state index in [9.17, 15) is 0 Å². The maximum Gasteiger partial charge on any atom is 0.199 e. The van der Waals surface area contributed by atoms with E-state index in [1.165, 1.54) is 11.1 Å². The number of hydrogen-bond acceptors (Lipinski definition) is 7. The Bertz CT molecular complexity index is 725. The van der Waals surface area contributed by atoms with Crippen molar-refractivity contribution in [3.63, 3.8) is 0 Å². The number of ether oxygens (including phenoxy) is 1. The van der Waals surface area contributed by atoms with Crippen LogP contribution >= 0.6 is 0 Å². The first kappa shape index (κ1) is 13.9. The average molecular weight is 314 g/mol. The van der Waals surface area contributed by atoms with Crippen molar-refractivity contribution in [1.82, 2.24) is 0 Å². The Labute approximate surface area is 135 Å². The highest BCUT2D eigenvalue weighted by Crippen LogP contribution is 2.83. The summed E-state index contributed by atoms with van der Waals surface area (Å²) >= 11 is 0. The van der Waals surface area contributed by atoms with Crippen molar-refractivity contribution in [2.75, 3.05) is 0 Å². The maximum absolute atomic E-state index is 6.55. The molecule has 122 valence electrons. The topological polar surface area (TPSA) is 83.4 Å². The van der Waals surface area contributed by atoms with Crippen LogP contribution in [0.4, 0.5) is 0 Å². The summed E-state index contributed by atoms with van der Waals surface area (Å²) in [7, 11) is 0. The summed E-state index contributed by atoms with van der Waals surface area (Å²) < 4.78 is 6.55. The molecule has 0 saturated carbocycles. The lowest BCUT2D eigenvalue weighted by Gasteiger charge is -2.59. The van der Waals surface area contributed by atoms with Gasteiger partial charge in [-0.05, 0) is 54.4 Å². The van der Waals surface area contributed by atoms with Crippen molar-refractivity contribution in [2.24, 2.45) is 41.5 Å². The predicted octanol–water partition coefficient (Wildman–Crippen LogP) is 4.38. The molecule has 23 heavy (non-hydrogen) atoms. The molecule has 0 amide bonds. The molecule has 6 atom stereocenters. The lowest BCUT2D eigenvalue weighted by atomic mass is 9.42. The quantitative estimate of drug-likeness (QED) is 0.610. The molecule has 2 spiro atoms. The normalized spacial score (nSPS) is 61.3. The third-order valence-corrected chi connectivity index (χ3v) is 7.43. The van der Waals surface area contributed by atoms with Gasteiger partial charge >= 0.3 is 0 Å². The molecule has 5 aliphatic rings. The Morgan fingerprint density at radius 2 is 1.00 bits per heavy atom. The van der Waals surface area contributed by atoms with Crippen LogP contribution in [0.1, 0.15) is 54.4 Å². The van der Waals surface area contributed by atoms with Crippen LogP contribution < -0.4 is 0 Å². The highest BCUT2D eigenvalue weighted by atomic mass is 16.6. The van der Waals surface area contributed by atoms with Crippen molar-refractivity contribution in [3.8, 4) is 0 Å². The van der Waals surface area contributed by atoms with Gasteiger partial charge in [-0.15, -0.1) is 0 Å². The molecule has 1 aliphatic carbocycles. The largest absolute Gasteiger partial charge is 0.322 e. The molecule has 7 nitrogen and oxygen atoms in total. The third kappa shape index (κ3) is 0.983. The minimum atomic E-state index is -0.751. The molecule has 0 aromatic carbocycles. The average Bonchev–Trinajstić information content (AvgIpc) is 2.89. The maximum atomic E-state index is 6.55. The molecule has 1 fully saturated rings. The minimum Gasteiger partial charge on any atom is -0.322 e. The highest BCUT2D eigenvalue weighted by molar-refractivity contribution is 5.42. The Morgan fingerprint density at radius 3 is 1.39 bits per heavy atom. The minimum absolute atomic E-state index is 0.411. The van der Waals surface area contributed by atoms with Crippen LogP contribution in [0.3, 0.4) is 0 Å². The number of nitrogens with zero attached hydrogens (tertiary/aromatic N) is 6. The van der Waals surface area contributed by atoms with Crippen LogP contribution in [-0.2, 0) is 4.74 Å². The van der Waals surface area contributed by atoms with E-state index in [2.05, 4.69) is 44.5 Å². The van der Waals surface area contributed by atoms with E-state index >= 15 is 0 Å². The summed E-state index contributed by atoms with van der Waals surface area (Å²) in [5.74, 6) is 0. The summed E-state index contributed by atoms with van der Waals surface area (Å²) in [6, 6.07) is 0. The van der Waals surface area contributed by atoms with Crippen molar-refractivity contribution in [3.05, 3.63) is 11.1 Å². The molecule has 4 aliphatic heterocycles. The second kappa shape index (κ2) is 3.18. The monoisotopic (exact) mass is 314 g/mol. The molecule has 0 aromatic heterocycles. The van der Waals surface area contributed by atoms with Crippen molar-refractivity contribution < 1.29 is 4.74 Å². The summed E-state index contributed by atoms with van der Waals surface area (Å²) in [5, 5.41) is 27.6. The van der Waals surface area contributed by atoms with Crippen LogP contribution in [0, 0.1) is 10.8 Å². The van der Waals surface area contributed by atoms with Gasteiger partial charge in [0.25, 0.3) is 0 Å². The van der Waals surface area contributed by atoms with Gasteiger partial charge in [-0.2, -0.15) is 30.7 Å². The van der Waals surface area contributed by atoms with E-state index in [0.29, 0.717) is 0 Å². The van der Waals surface area contributed by atoms with Gasteiger partial charge in [-0.1, -0.05) is 11.1 Å². The smallest absolute Gasteiger partial charge is 0.199 e. The van der Waals surface area contributed by atoms with E-state index in [0.717, 1.165) is 12.8 Å². The van der Waals surface area contributed by atoms with Gasteiger partial charge in [0.15, 0.2) is 22.8 Å². The molecule has 0 N–H and O–H groups in total. The Kier molecular flexibility index (Phi) is 1.92. The SMILES string of the molecule is CC1=C(C)CC23C4(C1)[C@@]1(C)N=N[C@]2(C)N=N[C@]3(C)O[C@]4(C)N=N1. The molecular weight excluding hydrogens is 292 g/mol. The van der Waals surface area contributed by atoms with Crippen LogP contribution in [0.15, 0.2) is 41.8 Å². The predicted molar refractivity (Wildman–Crippen MR) is 81.7 cm³/mol. The lowest BCUT2D eigenvalue weighted by molar-refractivity contribution is -0.108. The summed E-state index contributed by atoms with van der Waals surface area (Å²) in [6.45, 7) is 12.5. The van der Waals surface area contributed by atoms with E-state index in [-0.39, 0.29) is 0 Å². The van der Waals surface area contributed by atoms with Crippen molar-refractivity contribution >= 4 is 0 Å². The zero-order valence-electron chi connectivity index (χ0n) is 14.5. The summed E-state index contributed by atoms with van der Waals surface area (Å²) in [6.07, 6.45) is 1.68. The molecule has 7 heteroatoms. The first-order chi connectivity index (χ1) is 10.6. The van der Waals surface area contributed by atoms with Gasteiger partial charge in [0.05, 0.1) is 10.8 Å². The summed E-state index contributed by atoms with van der Waals surface area (Å²) in [5.41, 5.74) is -1.03. The fraction of sp³-hybridized carbons (Fsp3) is 0.875. The van der Waals surface area contributed by atoms with Gasteiger partial charge in [0.1, 0.15) is 0 Å².